The summed E-state index contributed by atoms with van der Waals surface area (Å²) >= 11 is 5.91. The average Bonchev–Trinajstić information content (AvgIpc) is 2.67. The van der Waals surface area contributed by atoms with Gasteiger partial charge in [-0.05, 0) is 31.0 Å². The van der Waals surface area contributed by atoms with Gasteiger partial charge in [-0.1, -0.05) is 54.1 Å². The van der Waals surface area contributed by atoms with Crippen molar-refractivity contribution in [2.75, 3.05) is 13.2 Å². The molecule has 29 heavy (non-hydrogen) atoms. The highest BCUT2D eigenvalue weighted by Gasteiger charge is 2.63. The van der Waals surface area contributed by atoms with Crippen molar-refractivity contribution in [2.45, 2.75) is 25.2 Å². The fraction of sp³-hybridized carbons (Fsp3) is 0.300. The van der Waals surface area contributed by atoms with Crippen LogP contribution < -0.4 is 10.6 Å². The van der Waals surface area contributed by atoms with Crippen molar-refractivity contribution in [3.63, 3.8) is 0 Å². The number of hydrogen-bond acceptors (Lipinski definition) is 4. The molecule has 0 aliphatic carbocycles. The molecular weight excluding hydrogens is 409 g/mol. The summed E-state index contributed by atoms with van der Waals surface area (Å²) in [5, 5.41) is 3.87. The van der Waals surface area contributed by atoms with Crippen molar-refractivity contribution < 1.29 is 27.5 Å². The molecule has 2 aromatic carbocycles. The molecule has 0 spiro atoms. The highest BCUT2D eigenvalue weighted by molar-refractivity contribution is 6.33. The molecule has 0 bridgehead atoms. The third-order valence-electron chi connectivity index (χ3n) is 4.07. The van der Waals surface area contributed by atoms with Crippen LogP contribution in [0.5, 0.6) is 0 Å². The van der Waals surface area contributed by atoms with Crippen molar-refractivity contribution in [1.82, 2.24) is 10.6 Å². The molecule has 0 aromatic heterocycles. The van der Waals surface area contributed by atoms with Crippen molar-refractivity contribution in [2.24, 2.45) is 0 Å². The van der Waals surface area contributed by atoms with Crippen molar-refractivity contribution in [3.8, 4) is 0 Å². The van der Waals surface area contributed by atoms with Crippen LogP contribution in [0.3, 0.4) is 0 Å². The van der Waals surface area contributed by atoms with Gasteiger partial charge in [0.05, 0.1) is 17.2 Å². The lowest BCUT2D eigenvalue weighted by atomic mass is 10.1. The molecule has 0 unspecified atom stereocenters. The van der Waals surface area contributed by atoms with Crippen LogP contribution in [-0.4, -0.2) is 36.9 Å². The smallest absolute Gasteiger partial charge is 0.436 e. The average molecular weight is 429 g/mol. The van der Waals surface area contributed by atoms with Crippen LogP contribution in [0, 0.1) is 0 Å². The first-order valence-corrected chi connectivity index (χ1v) is 9.19. The van der Waals surface area contributed by atoms with Crippen LogP contribution in [0.4, 0.5) is 13.2 Å². The summed E-state index contributed by atoms with van der Waals surface area (Å²) in [7, 11) is 0. The Hall–Kier alpha value is -2.58. The first-order valence-electron chi connectivity index (χ1n) is 8.81. The van der Waals surface area contributed by atoms with Crippen LogP contribution in [0.1, 0.15) is 22.8 Å². The van der Waals surface area contributed by atoms with E-state index in [1.807, 2.05) is 0 Å². The number of alkyl halides is 3. The fourth-order valence-corrected chi connectivity index (χ4v) is 2.84. The zero-order chi connectivity index (χ0) is 21.5. The van der Waals surface area contributed by atoms with E-state index in [2.05, 4.69) is 10.1 Å². The third-order valence-corrected chi connectivity index (χ3v) is 4.40. The van der Waals surface area contributed by atoms with E-state index in [0.717, 1.165) is 5.56 Å². The number of nitrogens with one attached hydrogen (secondary N) is 2. The molecule has 1 atom stereocenters. The lowest BCUT2D eigenvalue weighted by Gasteiger charge is -2.35. The third kappa shape index (κ3) is 5.48. The summed E-state index contributed by atoms with van der Waals surface area (Å²) in [6.45, 7) is 0.836. The van der Waals surface area contributed by atoms with Gasteiger partial charge in [0, 0.05) is 6.54 Å². The van der Waals surface area contributed by atoms with E-state index in [1.54, 1.807) is 35.6 Å². The first kappa shape index (κ1) is 22.7. The van der Waals surface area contributed by atoms with Crippen LogP contribution in [-0.2, 0) is 16.0 Å². The zero-order valence-electron chi connectivity index (χ0n) is 15.6. The minimum atomic E-state index is -5.17. The minimum absolute atomic E-state index is 0.0470. The molecule has 5 nitrogen and oxygen atoms in total. The van der Waals surface area contributed by atoms with Gasteiger partial charge in [-0.25, -0.2) is 4.79 Å². The Balaban J connectivity index is 2.33. The molecule has 2 aromatic rings. The Morgan fingerprint density at radius 1 is 1.03 bits per heavy atom. The molecule has 2 N–H and O–H groups in total. The summed E-state index contributed by atoms with van der Waals surface area (Å²) in [5.74, 6) is -2.81. The predicted molar refractivity (Wildman–Crippen MR) is 102 cm³/mol. The zero-order valence-corrected chi connectivity index (χ0v) is 16.3. The number of carbonyl (C=O) groups excluding carboxylic acids is 2. The Morgan fingerprint density at radius 2 is 1.66 bits per heavy atom. The van der Waals surface area contributed by atoms with Gasteiger partial charge in [0.2, 0.25) is 0 Å². The number of esters is 1. The molecule has 1 amide bonds. The number of rotatable bonds is 8. The van der Waals surface area contributed by atoms with Gasteiger partial charge in [0.15, 0.2) is 0 Å². The molecule has 0 heterocycles. The van der Waals surface area contributed by atoms with Crippen LogP contribution in [0.25, 0.3) is 0 Å². The number of halogens is 4. The highest BCUT2D eigenvalue weighted by atomic mass is 35.5. The van der Waals surface area contributed by atoms with E-state index >= 15 is 0 Å². The van der Waals surface area contributed by atoms with Gasteiger partial charge >= 0.3 is 12.1 Å². The molecule has 0 aliphatic heterocycles. The Morgan fingerprint density at radius 3 is 2.24 bits per heavy atom. The molecule has 0 saturated heterocycles. The number of amides is 1. The largest absolute Gasteiger partial charge is 0.463 e. The van der Waals surface area contributed by atoms with E-state index < -0.39 is 23.7 Å². The lowest BCUT2D eigenvalue weighted by Crippen LogP contribution is -2.73. The van der Waals surface area contributed by atoms with Gasteiger partial charge in [0.1, 0.15) is 0 Å². The van der Waals surface area contributed by atoms with Crippen LogP contribution in [0.2, 0.25) is 5.02 Å². The van der Waals surface area contributed by atoms with Gasteiger partial charge < -0.3 is 10.1 Å². The maximum atomic E-state index is 14.0. The molecule has 0 saturated carbocycles. The van der Waals surface area contributed by atoms with Gasteiger partial charge in [0.25, 0.3) is 11.6 Å². The summed E-state index contributed by atoms with van der Waals surface area (Å²) in [5.41, 5.74) is -2.86. The van der Waals surface area contributed by atoms with Gasteiger partial charge in [-0.15, -0.1) is 0 Å². The van der Waals surface area contributed by atoms with Crippen LogP contribution in [0.15, 0.2) is 54.6 Å². The SMILES string of the molecule is CCOC(=O)[C@@](NCCc1ccccc1)(NC(=O)c1ccccc1Cl)C(F)(F)F. The Labute approximate surface area is 171 Å². The quantitative estimate of drug-likeness (QED) is 0.496. The highest BCUT2D eigenvalue weighted by Crippen LogP contribution is 2.31. The summed E-state index contributed by atoms with van der Waals surface area (Å²) < 4.78 is 46.8. The molecule has 0 radical (unpaired) electrons. The summed E-state index contributed by atoms with van der Waals surface area (Å²) in [6.07, 6.45) is -4.98. The van der Waals surface area contributed by atoms with E-state index in [-0.39, 0.29) is 30.2 Å². The fourth-order valence-electron chi connectivity index (χ4n) is 2.62. The summed E-state index contributed by atoms with van der Waals surface area (Å²) in [4.78, 5) is 24.9. The predicted octanol–water partition coefficient (Wildman–Crippen LogP) is 3.72. The van der Waals surface area contributed by atoms with Crippen molar-refractivity contribution in [1.29, 1.82) is 0 Å². The molecule has 0 aliphatic rings. The minimum Gasteiger partial charge on any atom is -0.463 e. The summed E-state index contributed by atoms with van der Waals surface area (Å²) in [6, 6.07) is 14.3. The Kier molecular flexibility index (Phi) is 7.64. The monoisotopic (exact) mass is 428 g/mol. The van der Waals surface area contributed by atoms with E-state index in [0.29, 0.717) is 0 Å². The molecule has 9 heteroatoms. The molecular formula is C20H20ClF3N2O3. The lowest BCUT2D eigenvalue weighted by molar-refractivity contribution is -0.218. The molecule has 156 valence electrons. The van der Waals surface area contributed by atoms with Gasteiger partial charge in [-0.3, -0.25) is 10.1 Å². The second kappa shape index (κ2) is 9.76. The van der Waals surface area contributed by atoms with Crippen LogP contribution >= 0.6 is 11.6 Å². The second-order valence-corrected chi connectivity index (χ2v) is 6.47. The number of carbonyl (C=O) groups is 2. The normalized spacial score (nSPS) is 13.4. The Bertz CT molecular complexity index is 846. The topological polar surface area (TPSA) is 67.4 Å². The van der Waals surface area contributed by atoms with Crippen molar-refractivity contribution in [3.05, 3.63) is 70.7 Å². The van der Waals surface area contributed by atoms with E-state index in [4.69, 9.17) is 11.6 Å². The van der Waals surface area contributed by atoms with E-state index in [1.165, 1.54) is 31.2 Å². The number of ether oxygens (including phenoxy) is 1. The molecule has 0 fully saturated rings. The maximum Gasteiger partial charge on any atom is 0.436 e. The maximum absolute atomic E-state index is 14.0. The van der Waals surface area contributed by atoms with Crippen molar-refractivity contribution >= 4 is 23.5 Å². The molecule has 2 rings (SSSR count). The number of hydrogen-bond donors (Lipinski definition) is 2. The second-order valence-electron chi connectivity index (χ2n) is 6.06. The number of benzene rings is 2. The first-order chi connectivity index (χ1) is 13.7. The standard InChI is InChI=1S/C20H20ClF3N2O3/c1-2-29-18(28)19(20(22,23)24,25-13-12-14-8-4-3-5-9-14)26-17(27)15-10-6-7-11-16(15)21/h3-11,25H,2,12-13H2,1H3,(H,26,27)/t19-/m1/s1. The van der Waals surface area contributed by atoms with E-state index in [9.17, 15) is 22.8 Å². The van der Waals surface area contributed by atoms with Gasteiger partial charge in [-0.2, -0.15) is 13.2 Å².